The van der Waals surface area contributed by atoms with Gasteiger partial charge in [-0.1, -0.05) is 23.5 Å². The third-order valence-electron chi connectivity index (χ3n) is 2.22. The number of para-hydroxylation sites is 1. The first-order valence-corrected chi connectivity index (χ1v) is 6.03. The molecule has 0 aliphatic heterocycles. The summed E-state index contributed by atoms with van der Waals surface area (Å²) in [6, 6.07) is 7.41. The molecular formula is C11H12N2O3S. The second-order valence-corrected chi connectivity index (χ2v) is 4.35. The Morgan fingerprint density at radius 3 is 3.00 bits per heavy atom. The summed E-state index contributed by atoms with van der Waals surface area (Å²) < 4.78 is 7.26. The van der Waals surface area contributed by atoms with E-state index in [2.05, 4.69) is 5.32 Å². The van der Waals surface area contributed by atoms with Crippen LogP contribution < -0.4 is 10.2 Å². The van der Waals surface area contributed by atoms with Gasteiger partial charge in [-0.25, -0.2) is 4.79 Å². The zero-order valence-electron chi connectivity index (χ0n) is 9.30. The van der Waals surface area contributed by atoms with Crippen molar-refractivity contribution < 1.29 is 9.53 Å². The third kappa shape index (κ3) is 2.47. The van der Waals surface area contributed by atoms with Crippen molar-refractivity contribution in [3.63, 3.8) is 0 Å². The molecule has 17 heavy (non-hydrogen) atoms. The van der Waals surface area contributed by atoms with Crippen LogP contribution in [0.5, 0.6) is 0 Å². The molecule has 0 fully saturated rings. The number of carbonyl (C=O) groups is 1. The summed E-state index contributed by atoms with van der Waals surface area (Å²) in [6.07, 6.45) is -0.519. The van der Waals surface area contributed by atoms with E-state index in [1.165, 1.54) is 4.57 Å². The van der Waals surface area contributed by atoms with E-state index in [0.29, 0.717) is 6.54 Å². The molecule has 0 saturated heterocycles. The maximum absolute atomic E-state index is 11.7. The van der Waals surface area contributed by atoms with Crippen LogP contribution in [0.25, 0.3) is 10.2 Å². The molecule has 6 heteroatoms. The number of fused-ring (bicyclic) bond motifs is 1. The van der Waals surface area contributed by atoms with Gasteiger partial charge in [0.15, 0.2) is 6.73 Å². The van der Waals surface area contributed by atoms with Gasteiger partial charge in [0.1, 0.15) is 0 Å². The highest BCUT2D eigenvalue weighted by Crippen LogP contribution is 2.16. The zero-order valence-corrected chi connectivity index (χ0v) is 10.1. The number of rotatable bonds is 3. The first-order valence-electron chi connectivity index (χ1n) is 5.21. The van der Waals surface area contributed by atoms with E-state index in [-0.39, 0.29) is 11.6 Å². The van der Waals surface area contributed by atoms with Crippen LogP contribution in [0, 0.1) is 0 Å². The summed E-state index contributed by atoms with van der Waals surface area (Å²) in [4.78, 5) is 22.7. The fourth-order valence-electron chi connectivity index (χ4n) is 1.45. The lowest BCUT2D eigenvalue weighted by molar-refractivity contribution is 0.115. The Labute approximate surface area is 102 Å². The Hall–Kier alpha value is -1.82. The highest BCUT2D eigenvalue weighted by Gasteiger charge is 2.08. The summed E-state index contributed by atoms with van der Waals surface area (Å²) in [5.41, 5.74) is 0.784. The van der Waals surface area contributed by atoms with Gasteiger partial charge in [0.25, 0.3) is 0 Å². The van der Waals surface area contributed by atoms with Crippen LogP contribution in [0.4, 0.5) is 4.79 Å². The molecule has 1 aromatic heterocycles. The SMILES string of the molecule is CCNC(=O)OCn1c(=O)sc2ccccc21. The fraction of sp³-hybridized carbons (Fsp3) is 0.273. The standard InChI is InChI=1S/C11H12N2O3S/c1-2-12-10(14)16-7-13-8-5-3-4-6-9(8)17-11(13)15/h3-6H,2,7H2,1H3,(H,12,14). The Morgan fingerprint density at radius 2 is 2.24 bits per heavy atom. The number of nitrogens with one attached hydrogen (secondary N) is 1. The van der Waals surface area contributed by atoms with Crippen LogP contribution in [0.2, 0.25) is 0 Å². The van der Waals surface area contributed by atoms with E-state index in [4.69, 9.17) is 4.74 Å². The largest absolute Gasteiger partial charge is 0.428 e. The second-order valence-electron chi connectivity index (χ2n) is 3.35. The molecule has 1 amide bonds. The molecular weight excluding hydrogens is 240 g/mol. The normalized spacial score (nSPS) is 10.4. The zero-order chi connectivity index (χ0) is 12.3. The Balaban J connectivity index is 2.21. The lowest BCUT2D eigenvalue weighted by atomic mass is 10.3. The minimum Gasteiger partial charge on any atom is -0.428 e. The monoisotopic (exact) mass is 252 g/mol. The lowest BCUT2D eigenvalue weighted by Crippen LogP contribution is -2.26. The van der Waals surface area contributed by atoms with Crippen molar-refractivity contribution in [3.05, 3.63) is 33.9 Å². The van der Waals surface area contributed by atoms with Crippen molar-refractivity contribution in [1.29, 1.82) is 0 Å². The number of aromatic nitrogens is 1. The number of hydrogen-bond acceptors (Lipinski definition) is 4. The molecule has 2 aromatic rings. The fourth-order valence-corrected chi connectivity index (χ4v) is 2.33. The second kappa shape index (κ2) is 5.01. The van der Waals surface area contributed by atoms with E-state index in [1.807, 2.05) is 24.3 Å². The van der Waals surface area contributed by atoms with Gasteiger partial charge in [0.05, 0.1) is 10.2 Å². The molecule has 0 atom stereocenters. The average Bonchev–Trinajstić information content (AvgIpc) is 2.62. The molecule has 1 aromatic carbocycles. The van der Waals surface area contributed by atoms with Crippen LogP contribution in [-0.2, 0) is 11.5 Å². The summed E-state index contributed by atoms with van der Waals surface area (Å²) in [7, 11) is 0. The molecule has 1 heterocycles. The number of benzene rings is 1. The van der Waals surface area contributed by atoms with Gasteiger partial charge in [-0.05, 0) is 19.1 Å². The van der Waals surface area contributed by atoms with E-state index in [1.54, 1.807) is 6.92 Å². The summed E-state index contributed by atoms with van der Waals surface area (Å²) in [6.45, 7) is 2.24. The van der Waals surface area contributed by atoms with Crippen LogP contribution in [0.15, 0.2) is 29.1 Å². The number of carbonyl (C=O) groups excluding carboxylic acids is 1. The van der Waals surface area contributed by atoms with Gasteiger partial charge < -0.3 is 10.1 Å². The molecule has 0 aliphatic rings. The van der Waals surface area contributed by atoms with E-state index >= 15 is 0 Å². The third-order valence-corrected chi connectivity index (χ3v) is 3.18. The van der Waals surface area contributed by atoms with E-state index in [9.17, 15) is 9.59 Å². The Morgan fingerprint density at radius 1 is 1.47 bits per heavy atom. The summed E-state index contributed by atoms with van der Waals surface area (Å²) in [5, 5.41) is 2.50. The number of amides is 1. The van der Waals surface area contributed by atoms with E-state index < -0.39 is 6.09 Å². The predicted octanol–water partition coefficient (Wildman–Crippen LogP) is 1.77. The molecule has 2 rings (SSSR count). The minimum atomic E-state index is -0.519. The lowest BCUT2D eigenvalue weighted by Gasteiger charge is -2.06. The minimum absolute atomic E-state index is 0.0608. The average molecular weight is 252 g/mol. The molecule has 1 N–H and O–H groups in total. The quantitative estimate of drug-likeness (QED) is 0.905. The van der Waals surface area contributed by atoms with Crippen molar-refractivity contribution in [2.45, 2.75) is 13.7 Å². The number of nitrogens with zero attached hydrogens (tertiary/aromatic N) is 1. The Kier molecular flexibility index (Phi) is 3.43. The van der Waals surface area contributed by atoms with Crippen LogP contribution >= 0.6 is 11.3 Å². The van der Waals surface area contributed by atoms with Crippen LogP contribution in [-0.4, -0.2) is 17.2 Å². The van der Waals surface area contributed by atoms with Gasteiger partial charge in [0, 0.05) is 6.54 Å². The van der Waals surface area contributed by atoms with Crippen molar-refractivity contribution >= 4 is 27.6 Å². The van der Waals surface area contributed by atoms with Gasteiger partial charge in [-0.2, -0.15) is 0 Å². The van der Waals surface area contributed by atoms with Gasteiger partial charge in [0.2, 0.25) is 0 Å². The molecule has 0 saturated carbocycles. The maximum Gasteiger partial charge on any atom is 0.408 e. The van der Waals surface area contributed by atoms with Crippen molar-refractivity contribution in [1.82, 2.24) is 9.88 Å². The number of ether oxygens (including phenoxy) is 1. The van der Waals surface area contributed by atoms with Gasteiger partial charge >= 0.3 is 11.0 Å². The molecule has 5 nitrogen and oxygen atoms in total. The smallest absolute Gasteiger partial charge is 0.408 e. The summed E-state index contributed by atoms with van der Waals surface area (Å²) >= 11 is 1.14. The molecule has 0 spiro atoms. The highest BCUT2D eigenvalue weighted by atomic mass is 32.1. The summed E-state index contributed by atoms with van der Waals surface area (Å²) in [5.74, 6) is 0. The van der Waals surface area contributed by atoms with Gasteiger partial charge in [-0.15, -0.1) is 0 Å². The van der Waals surface area contributed by atoms with Gasteiger partial charge in [-0.3, -0.25) is 9.36 Å². The highest BCUT2D eigenvalue weighted by molar-refractivity contribution is 7.16. The van der Waals surface area contributed by atoms with Crippen molar-refractivity contribution in [2.75, 3.05) is 6.54 Å². The number of thiazole rings is 1. The Bertz CT molecular complexity index is 588. The van der Waals surface area contributed by atoms with Crippen molar-refractivity contribution in [3.8, 4) is 0 Å². The molecule has 0 aliphatic carbocycles. The topological polar surface area (TPSA) is 60.3 Å². The molecule has 90 valence electrons. The van der Waals surface area contributed by atoms with Crippen molar-refractivity contribution in [2.24, 2.45) is 0 Å². The first kappa shape index (κ1) is 11.7. The molecule has 0 radical (unpaired) electrons. The van der Waals surface area contributed by atoms with Crippen LogP contribution in [0.1, 0.15) is 6.92 Å². The maximum atomic E-state index is 11.7. The molecule has 0 bridgehead atoms. The van der Waals surface area contributed by atoms with E-state index in [0.717, 1.165) is 21.6 Å². The predicted molar refractivity (Wildman–Crippen MR) is 66.2 cm³/mol. The van der Waals surface area contributed by atoms with Crippen LogP contribution in [0.3, 0.4) is 0 Å². The number of alkyl carbamates (subject to hydrolysis) is 1. The molecule has 0 unspecified atom stereocenters. The first-order chi connectivity index (χ1) is 8.22. The number of hydrogen-bond donors (Lipinski definition) is 1.